The van der Waals surface area contributed by atoms with Crippen LogP contribution < -0.4 is 5.32 Å². The van der Waals surface area contributed by atoms with Crippen LogP contribution in [0.15, 0.2) is 12.2 Å². The number of allylic oxidation sites excluding steroid dienone is 1. The summed E-state index contributed by atoms with van der Waals surface area (Å²) in [6, 6.07) is -1.28. The predicted molar refractivity (Wildman–Crippen MR) is 189 cm³/mol. The van der Waals surface area contributed by atoms with Crippen LogP contribution in [0.3, 0.4) is 0 Å². The smallest absolute Gasteiger partial charge is 0.407 e. The van der Waals surface area contributed by atoms with Gasteiger partial charge in [0.25, 0.3) is 5.79 Å². The molecule has 18 atom stereocenters. The molecule has 0 aromatic carbocycles. The number of alkyl carbamates (subject to hydrolysis) is 1. The maximum absolute atomic E-state index is 12.7. The van der Waals surface area contributed by atoms with Gasteiger partial charge in [0.15, 0.2) is 12.6 Å². The SMILES string of the molecule is CC/C=C/[C@@H](O)[C@H](COC1OC(CO)[C@@H](OC2OC(CO)[C@H](O)[C@H](OC3(C(=O)O)C[C@@H](O)[C@@H](C)C([C@H](O)[C@H](O)CO)O3)[C@@H]2O)[C@H](O)[C@@H]1O)NC(=O)OCC(Cl)(Cl)Cl. The van der Waals surface area contributed by atoms with Crippen molar-refractivity contribution in [3.63, 3.8) is 0 Å². The van der Waals surface area contributed by atoms with Crippen LogP contribution in [0.2, 0.25) is 0 Å². The number of halogens is 3. The first kappa shape index (κ1) is 50.0. The number of carboxylic acids is 1. The first-order valence-electron chi connectivity index (χ1n) is 17.8. The Morgan fingerprint density at radius 2 is 1.56 bits per heavy atom. The van der Waals surface area contributed by atoms with E-state index in [1.807, 2.05) is 0 Å². The van der Waals surface area contributed by atoms with Gasteiger partial charge < -0.3 is 99.8 Å². The van der Waals surface area contributed by atoms with E-state index in [-0.39, 0.29) is 0 Å². The monoisotopic (exact) mass is 891 g/mol. The van der Waals surface area contributed by atoms with Gasteiger partial charge in [0.05, 0.1) is 50.8 Å². The van der Waals surface area contributed by atoms with Gasteiger partial charge in [-0.3, -0.25) is 0 Å². The molecule has 0 radical (unpaired) electrons. The van der Waals surface area contributed by atoms with Crippen molar-refractivity contribution < 1.29 is 104 Å². The second kappa shape index (κ2) is 22.0. The molecule has 1 amide bonds. The van der Waals surface area contributed by atoms with Crippen molar-refractivity contribution in [2.45, 2.75) is 134 Å². The average molecular weight is 893 g/mol. The minimum atomic E-state index is -2.94. The molecular formula is C32H52Cl3NO21. The van der Waals surface area contributed by atoms with Gasteiger partial charge in [0, 0.05) is 12.3 Å². The van der Waals surface area contributed by atoms with Crippen molar-refractivity contribution in [3.05, 3.63) is 12.2 Å². The summed E-state index contributed by atoms with van der Waals surface area (Å²) in [5, 5.41) is 129. The van der Waals surface area contributed by atoms with Crippen LogP contribution in [0, 0.1) is 5.92 Å². The Labute approximate surface area is 340 Å². The van der Waals surface area contributed by atoms with Crippen LogP contribution in [0.1, 0.15) is 26.7 Å². The fourth-order valence-corrected chi connectivity index (χ4v) is 6.40. The third-order valence-electron chi connectivity index (χ3n) is 9.52. The predicted octanol–water partition coefficient (Wildman–Crippen LogP) is -4.28. The van der Waals surface area contributed by atoms with E-state index >= 15 is 0 Å². The molecule has 332 valence electrons. The third kappa shape index (κ3) is 12.8. The minimum Gasteiger partial charge on any atom is -0.477 e. The maximum atomic E-state index is 12.7. The van der Waals surface area contributed by atoms with Gasteiger partial charge in [0.1, 0.15) is 67.6 Å². The number of aliphatic hydroxyl groups excluding tert-OH is 11. The van der Waals surface area contributed by atoms with Gasteiger partial charge in [-0.15, -0.1) is 0 Å². The molecule has 3 aliphatic rings. The molecule has 25 heteroatoms. The molecule has 0 aromatic heterocycles. The highest BCUT2D eigenvalue weighted by molar-refractivity contribution is 6.67. The summed E-state index contributed by atoms with van der Waals surface area (Å²) < 4.78 is 36.5. The third-order valence-corrected chi connectivity index (χ3v) is 9.85. The molecule has 3 heterocycles. The zero-order valence-corrected chi connectivity index (χ0v) is 32.9. The molecule has 3 saturated heterocycles. The first-order chi connectivity index (χ1) is 26.6. The number of hydrogen-bond acceptors (Lipinski definition) is 20. The molecule has 0 spiro atoms. The fraction of sp³-hybridized carbons (Fsp3) is 0.875. The van der Waals surface area contributed by atoms with E-state index in [0.717, 1.165) is 0 Å². The molecular weight excluding hydrogens is 841 g/mol. The van der Waals surface area contributed by atoms with Gasteiger partial charge in [-0.1, -0.05) is 60.8 Å². The van der Waals surface area contributed by atoms with E-state index in [0.29, 0.717) is 6.42 Å². The normalized spacial score (nSPS) is 38.6. The highest BCUT2D eigenvalue weighted by Crippen LogP contribution is 2.40. The highest BCUT2D eigenvalue weighted by Gasteiger charge is 2.59. The Morgan fingerprint density at radius 3 is 2.12 bits per heavy atom. The Kier molecular flexibility index (Phi) is 19.3. The van der Waals surface area contributed by atoms with Crippen molar-refractivity contribution in [2.75, 3.05) is 33.0 Å². The van der Waals surface area contributed by atoms with Crippen LogP contribution in [-0.4, -0.2) is 214 Å². The first-order valence-corrected chi connectivity index (χ1v) is 18.9. The molecule has 57 heavy (non-hydrogen) atoms. The van der Waals surface area contributed by atoms with Crippen molar-refractivity contribution in [3.8, 4) is 0 Å². The summed E-state index contributed by atoms with van der Waals surface area (Å²) in [6.07, 6.45) is -26.2. The Hall–Kier alpha value is -1.33. The van der Waals surface area contributed by atoms with Gasteiger partial charge in [-0.25, -0.2) is 9.59 Å². The fourth-order valence-electron chi connectivity index (χ4n) is 6.24. The number of carbonyl (C=O) groups excluding carboxylic acids is 1. The van der Waals surface area contributed by atoms with Crippen LogP contribution in [0.4, 0.5) is 4.79 Å². The lowest BCUT2D eigenvalue weighted by Crippen LogP contribution is -2.68. The second-order valence-electron chi connectivity index (χ2n) is 13.7. The molecule has 3 rings (SSSR count). The van der Waals surface area contributed by atoms with E-state index in [1.165, 1.54) is 13.0 Å². The number of carbonyl (C=O) groups is 2. The molecule has 0 aliphatic carbocycles. The Bertz CT molecular complexity index is 1300. The van der Waals surface area contributed by atoms with E-state index in [4.69, 9.17) is 68.0 Å². The zero-order chi connectivity index (χ0) is 43.0. The second-order valence-corrected chi connectivity index (χ2v) is 16.2. The molecule has 0 bridgehead atoms. The number of rotatable bonds is 18. The lowest BCUT2D eigenvalue weighted by Gasteiger charge is -2.50. The van der Waals surface area contributed by atoms with Gasteiger partial charge in [0.2, 0.25) is 3.79 Å². The van der Waals surface area contributed by atoms with Crippen LogP contribution >= 0.6 is 34.8 Å². The van der Waals surface area contributed by atoms with E-state index in [9.17, 15) is 70.9 Å². The minimum absolute atomic E-state index is 0.500. The van der Waals surface area contributed by atoms with Crippen LogP contribution in [-0.2, 0) is 38.0 Å². The Balaban J connectivity index is 1.80. The maximum Gasteiger partial charge on any atom is 0.407 e. The number of aliphatic carboxylic acids is 1. The number of carboxylic acid groups (broad SMARTS) is 1. The number of alkyl halides is 3. The molecule has 13 N–H and O–H groups in total. The van der Waals surface area contributed by atoms with Crippen LogP contribution in [0.5, 0.6) is 0 Å². The number of hydrogen-bond donors (Lipinski definition) is 13. The molecule has 3 fully saturated rings. The van der Waals surface area contributed by atoms with Gasteiger partial charge in [-0.2, -0.15) is 0 Å². The largest absolute Gasteiger partial charge is 0.477 e. The quantitative estimate of drug-likeness (QED) is 0.0457. The number of amides is 1. The number of aliphatic hydroxyl groups is 11. The van der Waals surface area contributed by atoms with E-state index < -0.39 is 165 Å². The average Bonchev–Trinajstić information content (AvgIpc) is 3.16. The zero-order valence-electron chi connectivity index (χ0n) is 30.6. The van der Waals surface area contributed by atoms with Gasteiger partial charge in [-0.05, 0) is 6.42 Å². The van der Waals surface area contributed by atoms with Crippen molar-refractivity contribution >= 4 is 46.9 Å². The molecule has 0 saturated carbocycles. The van der Waals surface area contributed by atoms with E-state index in [2.05, 4.69) is 5.32 Å². The Morgan fingerprint density at radius 1 is 0.930 bits per heavy atom. The van der Waals surface area contributed by atoms with E-state index in [1.54, 1.807) is 13.0 Å². The number of ether oxygens (including phenoxy) is 7. The highest BCUT2D eigenvalue weighted by atomic mass is 35.6. The summed E-state index contributed by atoms with van der Waals surface area (Å²) >= 11 is 16.8. The van der Waals surface area contributed by atoms with Crippen molar-refractivity contribution in [1.29, 1.82) is 0 Å². The summed E-state index contributed by atoms with van der Waals surface area (Å²) in [4.78, 5) is 25.0. The van der Waals surface area contributed by atoms with Crippen molar-refractivity contribution in [1.82, 2.24) is 5.32 Å². The lowest BCUT2D eigenvalue weighted by atomic mass is 9.84. The van der Waals surface area contributed by atoms with Crippen molar-refractivity contribution in [2.24, 2.45) is 5.92 Å². The summed E-state index contributed by atoms with van der Waals surface area (Å²) in [7, 11) is 0. The molecule has 3 aliphatic heterocycles. The summed E-state index contributed by atoms with van der Waals surface area (Å²) in [5.74, 6) is -5.88. The summed E-state index contributed by atoms with van der Waals surface area (Å²) in [6.45, 7) is -1.03. The standard InChI is InChI=1S/C32H52Cl3NO21/c1-3-4-5-14(40)13(36-30(50)52-11-32(33,34)35)10-51-27-22(46)21(45)25(18(9-39)54-27)55-28-23(47)26(20(44)17(8-38)53-28)57-31(29(48)49)6-15(41)12(2)24(56-31)19(43)16(42)7-37/h4-5,12-28,37-47H,3,6-11H2,1-2H3,(H,36,50)(H,48,49)/b5-4+/t12-,13+,14-,15-,16-,17?,18?,19-,20+,21-,22+,23+,24?,25-,26+,27?,28?,31?/m1/s1. The molecule has 6 unspecified atom stereocenters. The van der Waals surface area contributed by atoms with Crippen LogP contribution in [0.25, 0.3) is 0 Å². The molecule has 0 aromatic rings. The summed E-state index contributed by atoms with van der Waals surface area (Å²) in [5.41, 5.74) is 0. The number of nitrogens with one attached hydrogen (secondary N) is 1. The lowest BCUT2D eigenvalue weighted by molar-refractivity contribution is -0.388. The molecule has 22 nitrogen and oxygen atoms in total. The topological polar surface area (TPSA) is 354 Å². The van der Waals surface area contributed by atoms with Gasteiger partial charge >= 0.3 is 12.1 Å².